The summed E-state index contributed by atoms with van der Waals surface area (Å²) in [5.74, 6) is -0.478. The van der Waals surface area contributed by atoms with Gasteiger partial charge in [-0.15, -0.1) is 10.2 Å². The summed E-state index contributed by atoms with van der Waals surface area (Å²) >= 11 is 7.72. The van der Waals surface area contributed by atoms with E-state index in [9.17, 15) is 4.79 Å². The van der Waals surface area contributed by atoms with Crippen LogP contribution in [0.25, 0.3) is 21.3 Å². The van der Waals surface area contributed by atoms with E-state index in [4.69, 9.17) is 11.6 Å². The van der Waals surface area contributed by atoms with Gasteiger partial charge in [0.2, 0.25) is 0 Å². The standard InChI is InChI=1S/C26H25ClFN5OS/c1-3-22-31-32-25(35-22)17-6-7-20(21(28)13-17)26(34)33(19-5-4-9-29-14-19)24-23-15(2)11-18(27)12-16(23)8-10-30-24/h6-8,10-13,19,29H,3-5,9,14H2,1-2H3. The molecule has 1 fully saturated rings. The molecule has 1 aliphatic heterocycles. The summed E-state index contributed by atoms with van der Waals surface area (Å²) in [5.41, 5.74) is 1.52. The lowest BCUT2D eigenvalue weighted by Crippen LogP contribution is -2.49. The highest BCUT2D eigenvalue weighted by Crippen LogP contribution is 2.34. The van der Waals surface area contributed by atoms with E-state index in [1.165, 1.54) is 23.5 Å². The molecule has 2 aromatic carbocycles. The number of piperidine rings is 1. The number of carbonyl (C=O) groups is 1. The zero-order chi connectivity index (χ0) is 24.5. The topological polar surface area (TPSA) is 71.0 Å². The molecule has 9 heteroatoms. The number of hydrogen-bond acceptors (Lipinski definition) is 6. The molecule has 0 bridgehead atoms. The smallest absolute Gasteiger partial charge is 0.262 e. The van der Waals surface area contributed by atoms with Crippen molar-refractivity contribution in [2.24, 2.45) is 0 Å². The molecule has 0 saturated carbocycles. The maximum atomic E-state index is 15.4. The third-order valence-corrected chi connectivity index (χ3v) is 7.64. The Labute approximate surface area is 212 Å². The number of benzene rings is 2. The minimum atomic E-state index is -0.588. The summed E-state index contributed by atoms with van der Waals surface area (Å²) in [5, 5.41) is 15.5. The molecule has 3 heterocycles. The third-order valence-electron chi connectivity index (χ3n) is 6.30. The lowest BCUT2D eigenvalue weighted by Gasteiger charge is -2.35. The number of nitrogens with one attached hydrogen (secondary N) is 1. The first kappa shape index (κ1) is 23.8. The van der Waals surface area contributed by atoms with Crippen molar-refractivity contribution in [3.05, 3.63) is 69.6 Å². The molecule has 4 aromatic rings. The molecule has 1 unspecified atom stereocenters. The highest BCUT2D eigenvalue weighted by atomic mass is 35.5. The molecule has 5 rings (SSSR count). The van der Waals surface area contributed by atoms with Crippen molar-refractivity contribution in [3.63, 3.8) is 0 Å². The molecule has 2 aromatic heterocycles. The molecule has 1 aliphatic rings. The van der Waals surface area contributed by atoms with Crippen LogP contribution in [0.4, 0.5) is 10.2 Å². The predicted molar refractivity (Wildman–Crippen MR) is 139 cm³/mol. The number of anilines is 1. The Hall–Kier alpha value is -2.94. The van der Waals surface area contributed by atoms with Gasteiger partial charge in [-0.25, -0.2) is 9.37 Å². The van der Waals surface area contributed by atoms with Crippen LogP contribution < -0.4 is 10.2 Å². The van der Waals surface area contributed by atoms with Crippen LogP contribution in [-0.4, -0.2) is 40.2 Å². The van der Waals surface area contributed by atoms with Crippen molar-refractivity contribution in [2.45, 2.75) is 39.2 Å². The second-order valence-electron chi connectivity index (χ2n) is 8.68. The molecule has 1 atom stereocenters. The first-order chi connectivity index (χ1) is 17.0. The molecule has 1 amide bonds. The van der Waals surface area contributed by atoms with Crippen LogP contribution in [0.3, 0.4) is 0 Å². The number of fused-ring (bicyclic) bond motifs is 1. The van der Waals surface area contributed by atoms with E-state index < -0.39 is 11.7 Å². The van der Waals surface area contributed by atoms with Gasteiger partial charge in [0, 0.05) is 28.7 Å². The van der Waals surface area contributed by atoms with Gasteiger partial charge in [-0.3, -0.25) is 9.69 Å². The largest absolute Gasteiger partial charge is 0.315 e. The van der Waals surface area contributed by atoms with Gasteiger partial charge in [-0.1, -0.05) is 35.9 Å². The van der Waals surface area contributed by atoms with Crippen LogP contribution in [0, 0.1) is 12.7 Å². The first-order valence-corrected chi connectivity index (χ1v) is 12.9. The number of halogens is 2. The Balaban J connectivity index is 1.59. The SMILES string of the molecule is CCc1nnc(-c2ccc(C(=O)N(c3nccc4cc(Cl)cc(C)c34)C3CCCNC3)c(F)c2)s1. The summed E-state index contributed by atoms with van der Waals surface area (Å²) in [6, 6.07) is 10.1. The van der Waals surface area contributed by atoms with Crippen LogP contribution in [0.1, 0.15) is 40.7 Å². The second kappa shape index (κ2) is 9.97. The predicted octanol–water partition coefficient (Wildman–Crippen LogP) is 5.82. The summed E-state index contributed by atoms with van der Waals surface area (Å²) in [6.07, 6.45) is 4.16. The normalized spacial score (nSPS) is 15.9. The number of rotatable bonds is 5. The molecule has 0 aliphatic carbocycles. The fourth-order valence-corrected chi connectivity index (χ4v) is 5.65. The minimum Gasteiger partial charge on any atom is -0.315 e. The van der Waals surface area contributed by atoms with E-state index in [0.29, 0.717) is 28.0 Å². The molecule has 1 N–H and O–H groups in total. The Bertz CT molecular complexity index is 1400. The zero-order valence-electron chi connectivity index (χ0n) is 19.5. The van der Waals surface area contributed by atoms with Crippen LogP contribution >= 0.6 is 22.9 Å². The summed E-state index contributed by atoms with van der Waals surface area (Å²) in [6.45, 7) is 5.45. The molecule has 35 heavy (non-hydrogen) atoms. The van der Waals surface area contributed by atoms with Crippen LogP contribution in [0.2, 0.25) is 5.02 Å². The average Bonchev–Trinajstić information content (AvgIpc) is 3.34. The number of carbonyl (C=O) groups excluding carboxylic acids is 1. The highest BCUT2D eigenvalue weighted by Gasteiger charge is 2.32. The number of nitrogens with zero attached hydrogens (tertiary/aromatic N) is 4. The third kappa shape index (κ3) is 4.66. The Kier molecular flexibility index (Phi) is 6.77. The van der Waals surface area contributed by atoms with Gasteiger partial charge < -0.3 is 5.32 Å². The maximum absolute atomic E-state index is 15.4. The first-order valence-electron chi connectivity index (χ1n) is 11.7. The van der Waals surface area contributed by atoms with E-state index >= 15 is 4.39 Å². The van der Waals surface area contributed by atoms with E-state index in [-0.39, 0.29) is 11.6 Å². The van der Waals surface area contributed by atoms with Gasteiger partial charge in [0.25, 0.3) is 5.91 Å². The monoisotopic (exact) mass is 509 g/mol. The van der Waals surface area contributed by atoms with Crippen LogP contribution in [0.15, 0.2) is 42.6 Å². The van der Waals surface area contributed by atoms with Crippen molar-refractivity contribution in [3.8, 4) is 10.6 Å². The van der Waals surface area contributed by atoms with Gasteiger partial charge in [0.1, 0.15) is 21.7 Å². The zero-order valence-corrected chi connectivity index (χ0v) is 21.1. The minimum absolute atomic E-state index is 0.00461. The lowest BCUT2D eigenvalue weighted by molar-refractivity contribution is 0.0968. The van der Waals surface area contributed by atoms with Crippen LogP contribution in [0.5, 0.6) is 0 Å². The van der Waals surface area contributed by atoms with Crippen molar-refractivity contribution < 1.29 is 9.18 Å². The van der Waals surface area contributed by atoms with E-state index in [1.54, 1.807) is 17.2 Å². The molecule has 0 radical (unpaired) electrons. The number of pyridine rings is 1. The highest BCUT2D eigenvalue weighted by molar-refractivity contribution is 7.14. The maximum Gasteiger partial charge on any atom is 0.262 e. The number of aryl methyl sites for hydroxylation is 2. The van der Waals surface area contributed by atoms with E-state index in [2.05, 4.69) is 20.5 Å². The number of hydrogen-bond donors (Lipinski definition) is 1. The number of amides is 1. The van der Waals surface area contributed by atoms with Gasteiger partial charge >= 0.3 is 0 Å². The van der Waals surface area contributed by atoms with Crippen molar-refractivity contribution in [1.29, 1.82) is 0 Å². The quantitative estimate of drug-likeness (QED) is 0.367. The average molecular weight is 510 g/mol. The molecule has 1 saturated heterocycles. The van der Waals surface area contributed by atoms with E-state index in [1.807, 2.05) is 32.0 Å². The summed E-state index contributed by atoms with van der Waals surface area (Å²) < 4.78 is 15.4. The van der Waals surface area contributed by atoms with E-state index in [0.717, 1.165) is 47.2 Å². The Morgan fingerprint density at radius 1 is 1.26 bits per heavy atom. The number of aromatic nitrogens is 3. The van der Waals surface area contributed by atoms with Gasteiger partial charge in [0.05, 0.1) is 11.6 Å². The van der Waals surface area contributed by atoms with Crippen molar-refractivity contribution >= 4 is 45.4 Å². The van der Waals surface area contributed by atoms with Crippen molar-refractivity contribution in [2.75, 3.05) is 18.0 Å². The molecular weight excluding hydrogens is 485 g/mol. The van der Waals surface area contributed by atoms with Gasteiger partial charge in [-0.05, 0) is 74.0 Å². The van der Waals surface area contributed by atoms with Gasteiger partial charge in [0.15, 0.2) is 0 Å². The fraction of sp³-hybridized carbons (Fsp3) is 0.308. The molecular formula is C26H25ClFN5OS. The van der Waals surface area contributed by atoms with Crippen LogP contribution in [-0.2, 0) is 6.42 Å². The summed E-state index contributed by atoms with van der Waals surface area (Å²) in [4.78, 5) is 20.2. The lowest BCUT2D eigenvalue weighted by atomic mass is 10.0. The molecule has 6 nitrogen and oxygen atoms in total. The molecule has 0 spiro atoms. The molecule has 180 valence electrons. The second-order valence-corrected chi connectivity index (χ2v) is 10.2. The summed E-state index contributed by atoms with van der Waals surface area (Å²) in [7, 11) is 0. The fourth-order valence-electron chi connectivity index (χ4n) is 4.59. The van der Waals surface area contributed by atoms with Gasteiger partial charge in [-0.2, -0.15) is 0 Å². The van der Waals surface area contributed by atoms with Crippen molar-refractivity contribution in [1.82, 2.24) is 20.5 Å². The Morgan fingerprint density at radius 3 is 2.83 bits per heavy atom. The Morgan fingerprint density at radius 2 is 2.11 bits per heavy atom.